The van der Waals surface area contributed by atoms with Crippen molar-refractivity contribution >= 4 is 12.0 Å². The summed E-state index contributed by atoms with van der Waals surface area (Å²) in [5.74, 6) is 1.08. The molecule has 0 spiro atoms. The van der Waals surface area contributed by atoms with Gasteiger partial charge in [0.15, 0.2) is 0 Å². The predicted molar refractivity (Wildman–Crippen MR) is 102 cm³/mol. The van der Waals surface area contributed by atoms with E-state index in [2.05, 4.69) is 39.6 Å². The van der Waals surface area contributed by atoms with Crippen molar-refractivity contribution in [3.63, 3.8) is 0 Å². The minimum atomic E-state index is -0.475. The molecule has 2 N–H and O–H groups in total. The molecule has 0 fully saturated rings. The Kier molecular flexibility index (Phi) is 8.38. The van der Waals surface area contributed by atoms with E-state index in [4.69, 9.17) is 9.26 Å². The Bertz CT molecular complexity index is 748. The van der Waals surface area contributed by atoms with E-state index in [9.17, 15) is 9.59 Å². The molecule has 9 heteroatoms. The van der Waals surface area contributed by atoms with Crippen LogP contribution in [0.2, 0.25) is 0 Å². The zero-order valence-corrected chi connectivity index (χ0v) is 16.5. The van der Waals surface area contributed by atoms with Gasteiger partial charge in [0.1, 0.15) is 0 Å². The van der Waals surface area contributed by atoms with Gasteiger partial charge in [-0.15, -0.1) is 0 Å². The summed E-state index contributed by atoms with van der Waals surface area (Å²) in [6, 6.07) is 3.38. The SMILES string of the molecule is CCOC(=O)NC(CNC(=O)CCc1nc(-c2ccncc2)no1)CC(C)C. The van der Waals surface area contributed by atoms with E-state index in [0.717, 1.165) is 12.0 Å². The number of aryl methyl sites for hydroxylation is 1. The summed E-state index contributed by atoms with van der Waals surface area (Å²) < 4.78 is 10.1. The van der Waals surface area contributed by atoms with Crippen molar-refractivity contribution in [2.75, 3.05) is 13.2 Å². The van der Waals surface area contributed by atoms with Gasteiger partial charge in [0.2, 0.25) is 17.6 Å². The molecule has 2 amide bonds. The summed E-state index contributed by atoms with van der Waals surface area (Å²) in [5.41, 5.74) is 0.802. The summed E-state index contributed by atoms with van der Waals surface area (Å²) in [6.07, 6.45) is 4.11. The fourth-order valence-electron chi connectivity index (χ4n) is 2.62. The third-order valence-corrected chi connectivity index (χ3v) is 3.87. The van der Waals surface area contributed by atoms with Gasteiger partial charge in [-0.1, -0.05) is 19.0 Å². The van der Waals surface area contributed by atoms with Gasteiger partial charge in [-0.05, 0) is 31.4 Å². The molecule has 0 aliphatic carbocycles. The van der Waals surface area contributed by atoms with Crippen molar-refractivity contribution in [3.8, 4) is 11.4 Å². The number of hydrogen-bond donors (Lipinski definition) is 2. The van der Waals surface area contributed by atoms with Crippen LogP contribution in [0.25, 0.3) is 11.4 Å². The van der Waals surface area contributed by atoms with E-state index >= 15 is 0 Å². The minimum absolute atomic E-state index is 0.150. The molecule has 1 unspecified atom stereocenters. The third-order valence-electron chi connectivity index (χ3n) is 3.87. The standard InChI is InChI=1S/C19H27N5O4/c1-4-27-19(26)22-15(11-13(2)3)12-21-16(25)5-6-17-23-18(24-28-17)14-7-9-20-10-8-14/h7-10,13,15H,4-6,11-12H2,1-3H3,(H,21,25)(H,22,26). The smallest absolute Gasteiger partial charge is 0.407 e. The second-order valence-corrected chi connectivity index (χ2v) is 6.74. The van der Waals surface area contributed by atoms with Crippen molar-refractivity contribution in [2.24, 2.45) is 5.92 Å². The van der Waals surface area contributed by atoms with Crippen LogP contribution in [0.15, 0.2) is 29.0 Å². The van der Waals surface area contributed by atoms with Crippen LogP contribution in [0.1, 0.15) is 39.5 Å². The maximum atomic E-state index is 12.1. The molecule has 2 aromatic heterocycles. The Hall–Kier alpha value is -2.97. The zero-order chi connectivity index (χ0) is 20.4. The average molecular weight is 389 g/mol. The van der Waals surface area contributed by atoms with Crippen LogP contribution in [0.5, 0.6) is 0 Å². The molecule has 0 bridgehead atoms. The van der Waals surface area contributed by atoms with E-state index in [0.29, 0.717) is 37.2 Å². The highest BCUT2D eigenvalue weighted by atomic mass is 16.5. The van der Waals surface area contributed by atoms with Crippen LogP contribution < -0.4 is 10.6 Å². The Morgan fingerprint density at radius 1 is 1.25 bits per heavy atom. The predicted octanol–water partition coefficient (Wildman–Crippen LogP) is 2.34. The summed E-state index contributed by atoms with van der Waals surface area (Å²) in [7, 11) is 0. The number of hydrogen-bond acceptors (Lipinski definition) is 7. The third kappa shape index (κ3) is 7.34. The summed E-state index contributed by atoms with van der Waals surface area (Å²) in [4.78, 5) is 32.0. The lowest BCUT2D eigenvalue weighted by molar-refractivity contribution is -0.121. The van der Waals surface area contributed by atoms with Gasteiger partial charge < -0.3 is 19.9 Å². The van der Waals surface area contributed by atoms with Gasteiger partial charge in [-0.3, -0.25) is 9.78 Å². The lowest BCUT2D eigenvalue weighted by atomic mass is 10.0. The maximum Gasteiger partial charge on any atom is 0.407 e. The highest BCUT2D eigenvalue weighted by molar-refractivity contribution is 5.76. The molecular formula is C19H27N5O4. The van der Waals surface area contributed by atoms with Crippen LogP contribution >= 0.6 is 0 Å². The Morgan fingerprint density at radius 3 is 2.68 bits per heavy atom. The molecule has 1 atom stereocenters. The highest BCUT2D eigenvalue weighted by Crippen LogP contribution is 2.14. The number of aromatic nitrogens is 3. The van der Waals surface area contributed by atoms with Gasteiger partial charge in [0.25, 0.3) is 0 Å². The molecule has 28 heavy (non-hydrogen) atoms. The average Bonchev–Trinajstić information content (AvgIpc) is 3.14. The number of nitrogens with zero attached hydrogens (tertiary/aromatic N) is 3. The first-order valence-corrected chi connectivity index (χ1v) is 9.40. The lowest BCUT2D eigenvalue weighted by Gasteiger charge is -2.20. The molecular weight excluding hydrogens is 362 g/mol. The van der Waals surface area contributed by atoms with Gasteiger partial charge >= 0.3 is 6.09 Å². The van der Waals surface area contributed by atoms with Gasteiger partial charge in [0.05, 0.1) is 6.61 Å². The zero-order valence-electron chi connectivity index (χ0n) is 16.5. The number of ether oxygens (including phenoxy) is 1. The number of rotatable bonds is 10. The van der Waals surface area contributed by atoms with E-state index < -0.39 is 6.09 Å². The van der Waals surface area contributed by atoms with Crippen molar-refractivity contribution < 1.29 is 18.8 Å². The summed E-state index contributed by atoms with van der Waals surface area (Å²) >= 11 is 0. The fraction of sp³-hybridized carbons (Fsp3) is 0.526. The molecule has 0 aliphatic rings. The van der Waals surface area contributed by atoms with Crippen LogP contribution in [0.3, 0.4) is 0 Å². The molecule has 9 nitrogen and oxygen atoms in total. The van der Waals surface area contributed by atoms with Crippen LogP contribution in [0.4, 0.5) is 4.79 Å². The van der Waals surface area contributed by atoms with Crippen molar-refractivity contribution in [1.82, 2.24) is 25.8 Å². The number of carbonyl (C=O) groups is 2. The van der Waals surface area contributed by atoms with E-state index in [1.54, 1.807) is 31.5 Å². The van der Waals surface area contributed by atoms with E-state index in [-0.39, 0.29) is 18.4 Å². The molecule has 152 valence electrons. The lowest BCUT2D eigenvalue weighted by Crippen LogP contribution is -2.44. The van der Waals surface area contributed by atoms with Crippen LogP contribution in [-0.2, 0) is 16.0 Å². The molecule has 2 rings (SSSR count). The van der Waals surface area contributed by atoms with Crippen LogP contribution in [0, 0.1) is 5.92 Å². The second kappa shape index (κ2) is 11.0. The van der Waals surface area contributed by atoms with Crippen molar-refractivity contribution in [2.45, 2.75) is 46.1 Å². The highest BCUT2D eigenvalue weighted by Gasteiger charge is 2.16. The number of nitrogens with one attached hydrogen (secondary N) is 2. The number of alkyl carbamates (subject to hydrolysis) is 1. The molecule has 2 heterocycles. The van der Waals surface area contributed by atoms with Gasteiger partial charge in [0, 0.05) is 43.4 Å². The molecule has 0 saturated heterocycles. The largest absolute Gasteiger partial charge is 0.450 e. The van der Waals surface area contributed by atoms with Gasteiger partial charge in [-0.25, -0.2) is 4.79 Å². The molecule has 0 aliphatic heterocycles. The van der Waals surface area contributed by atoms with E-state index in [1.165, 1.54) is 0 Å². The van der Waals surface area contributed by atoms with Crippen molar-refractivity contribution in [3.05, 3.63) is 30.4 Å². The van der Waals surface area contributed by atoms with Crippen molar-refractivity contribution in [1.29, 1.82) is 0 Å². The quantitative estimate of drug-likeness (QED) is 0.640. The van der Waals surface area contributed by atoms with Crippen LogP contribution in [-0.4, -0.2) is 46.3 Å². The molecule has 0 aromatic carbocycles. The first-order valence-electron chi connectivity index (χ1n) is 9.40. The monoisotopic (exact) mass is 389 g/mol. The number of amides is 2. The Labute approximate surface area is 164 Å². The Morgan fingerprint density at radius 2 is 2.00 bits per heavy atom. The first kappa shape index (κ1) is 21.3. The fourth-order valence-corrected chi connectivity index (χ4v) is 2.62. The molecule has 0 radical (unpaired) electrons. The maximum absolute atomic E-state index is 12.1. The normalized spacial score (nSPS) is 11.9. The van der Waals surface area contributed by atoms with Gasteiger partial charge in [-0.2, -0.15) is 4.98 Å². The number of pyridine rings is 1. The summed E-state index contributed by atoms with van der Waals surface area (Å²) in [6.45, 7) is 6.49. The number of carbonyl (C=O) groups excluding carboxylic acids is 2. The Balaban J connectivity index is 1.79. The molecule has 0 saturated carbocycles. The first-order chi connectivity index (χ1) is 13.5. The topological polar surface area (TPSA) is 119 Å². The summed E-state index contributed by atoms with van der Waals surface area (Å²) in [5, 5.41) is 9.53. The minimum Gasteiger partial charge on any atom is -0.450 e. The second-order valence-electron chi connectivity index (χ2n) is 6.74. The molecule has 2 aromatic rings. The van der Waals surface area contributed by atoms with E-state index in [1.807, 2.05) is 0 Å².